The molecule has 0 spiro atoms. The zero-order valence-corrected chi connectivity index (χ0v) is 18.0. The first-order chi connectivity index (χ1) is 15.1. The Morgan fingerprint density at radius 3 is 2.81 bits per heavy atom. The second-order valence-electron chi connectivity index (χ2n) is 7.61. The first-order valence-corrected chi connectivity index (χ1v) is 10.6. The van der Waals surface area contributed by atoms with Crippen molar-refractivity contribution in [3.8, 4) is 11.8 Å². The molecule has 7 heteroatoms. The molecule has 1 aliphatic heterocycles. The summed E-state index contributed by atoms with van der Waals surface area (Å²) in [5, 5.41) is 14.5. The van der Waals surface area contributed by atoms with Crippen LogP contribution < -0.4 is 10.1 Å². The Hall–Kier alpha value is -3.30. The number of piperidine rings is 1. The third-order valence-corrected chi connectivity index (χ3v) is 5.92. The third kappa shape index (κ3) is 4.57. The number of benzene rings is 2. The smallest absolute Gasteiger partial charge is 0.227 e. The molecule has 158 valence electrons. The number of rotatable bonds is 5. The molecule has 6 nitrogen and oxygen atoms in total. The van der Waals surface area contributed by atoms with Crippen LogP contribution in [0.5, 0.6) is 5.75 Å². The minimum atomic E-state index is 0.0989. The Kier molecular flexibility index (Phi) is 6.24. The molecule has 1 aliphatic rings. The lowest BCUT2D eigenvalue weighted by Gasteiger charge is -2.33. The molecule has 31 heavy (non-hydrogen) atoms. The summed E-state index contributed by atoms with van der Waals surface area (Å²) in [6, 6.07) is 15.5. The maximum Gasteiger partial charge on any atom is 0.227 e. The summed E-state index contributed by atoms with van der Waals surface area (Å²) in [5.74, 6) is 0.835. The summed E-state index contributed by atoms with van der Waals surface area (Å²) in [4.78, 5) is 19.0. The van der Waals surface area contributed by atoms with Crippen LogP contribution in [-0.4, -0.2) is 42.0 Å². The second-order valence-corrected chi connectivity index (χ2v) is 8.04. The SMILES string of the molecule is COc1ccccc1CC(=O)N1CCC(Nc2c(C#N)cnc3ccc(Cl)cc23)CC1. The average Bonchev–Trinajstić information content (AvgIpc) is 2.80. The highest BCUT2D eigenvalue weighted by Crippen LogP contribution is 2.30. The van der Waals surface area contributed by atoms with Crippen molar-refractivity contribution in [3.63, 3.8) is 0 Å². The number of pyridine rings is 1. The highest BCUT2D eigenvalue weighted by molar-refractivity contribution is 6.31. The number of fused-ring (bicyclic) bond motifs is 1. The van der Waals surface area contributed by atoms with E-state index >= 15 is 0 Å². The molecular weight excluding hydrogens is 412 g/mol. The zero-order chi connectivity index (χ0) is 21.8. The average molecular weight is 435 g/mol. The van der Waals surface area contributed by atoms with E-state index in [9.17, 15) is 10.1 Å². The molecule has 1 aromatic heterocycles. The van der Waals surface area contributed by atoms with Crippen LogP contribution >= 0.6 is 11.6 Å². The van der Waals surface area contributed by atoms with Gasteiger partial charge >= 0.3 is 0 Å². The van der Waals surface area contributed by atoms with Gasteiger partial charge < -0.3 is 15.0 Å². The molecule has 0 saturated carbocycles. The molecule has 1 N–H and O–H groups in total. The molecule has 0 aliphatic carbocycles. The Bertz CT molecular complexity index is 1150. The van der Waals surface area contributed by atoms with Gasteiger partial charge in [0, 0.05) is 41.3 Å². The standard InChI is InChI=1S/C24H23ClN4O2/c1-31-22-5-3-2-4-16(22)12-23(30)29-10-8-19(9-11-29)28-24-17(14-26)15-27-21-7-6-18(25)13-20(21)24/h2-7,13,15,19H,8-12H2,1H3,(H,27,28). The summed E-state index contributed by atoms with van der Waals surface area (Å²) in [6.07, 6.45) is 3.51. The fourth-order valence-electron chi connectivity index (χ4n) is 4.01. The molecular formula is C24H23ClN4O2. The monoisotopic (exact) mass is 434 g/mol. The van der Waals surface area contributed by atoms with Crippen molar-refractivity contribution >= 4 is 34.1 Å². The topological polar surface area (TPSA) is 78.2 Å². The molecule has 1 amide bonds. The molecule has 2 heterocycles. The van der Waals surface area contributed by atoms with Crippen LogP contribution in [0.2, 0.25) is 5.02 Å². The van der Waals surface area contributed by atoms with E-state index in [2.05, 4.69) is 16.4 Å². The maximum absolute atomic E-state index is 12.8. The van der Waals surface area contributed by atoms with Crippen LogP contribution in [0, 0.1) is 11.3 Å². The van der Waals surface area contributed by atoms with E-state index in [1.807, 2.05) is 41.3 Å². The van der Waals surface area contributed by atoms with E-state index in [0.29, 0.717) is 30.1 Å². The zero-order valence-electron chi connectivity index (χ0n) is 17.3. The maximum atomic E-state index is 12.8. The van der Waals surface area contributed by atoms with Crippen LogP contribution in [0.3, 0.4) is 0 Å². The van der Waals surface area contributed by atoms with Gasteiger partial charge in [-0.05, 0) is 37.1 Å². The van der Waals surface area contributed by atoms with Crippen LogP contribution in [0.15, 0.2) is 48.7 Å². The van der Waals surface area contributed by atoms with E-state index < -0.39 is 0 Å². The minimum absolute atomic E-state index is 0.0989. The van der Waals surface area contributed by atoms with Gasteiger partial charge in [-0.25, -0.2) is 0 Å². The lowest BCUT2D eigenvalue weighted by atomic mass is 10.0. The number of nitrogens with zero attached hydrogens (tertiary/aromatic N) is 3. The number of likely N-dealkylation sites (tertiary alicyclic amines) is 1. The molecule has 0 unspecified atom stereocenters. The summed E-state index contributed by atoms with van der Waals surface area (Å²) in [7, 11) is 1.62. The first-order valence-electron chi connectivity index (χ1n) is 10.2. The highest BCUT2D eigenvalue weighted by Gasteiger charge is 2.24. The van der Waals surface area contributed by atoms with Crippen LogP contribution in [0.25, 0.3) is 10.9 Å². The van der Waals surface area contributed by atoms with E-state index in [-0.39, 0.29) is 11.9 Å². The predicted octanol–water partition coefficient (Wildman–Crippen LogP) is 4.41. The minimum Gasteiger partial charge on any atom is -0.496 e. The quantitative estimate of drug-likeness (QED) is 0.643. The van der Waals surface area contributed by atoms with Crippen LogP contribution in [-0.2, 0) is 11.2 Å². The number of para-hydroxylation sites is 1. The number of nitrogens with one attached hydrogen (secondary N) is 1. The fourth-order valence-corrected chi connectivity index (χ4v) is 4.18. The van der Waals surface area contributed by atoms with E-state index in [1.54, 1.807) is 19.4 Å². The lowest BCUT2D eigenvalue weighted by molar-refractivity contribution is -0.131. The number of nitriles is 1. The lowest BCUT2D eigenvalue weighted by Crippen LogP contribution is -2.43. The number of hydrogen-bond donors (Lipinski definition) is 1. The predicted molar refractivity (Wildman–Crippen MR) is 121 cm³/mol. The number of aromatic nitrogens is 1. The normalized spacial score (nSPS) is 14.3. The Morgan fingerprint density at radius 1 is 1.29 bits per heavy atom. The van der Waals surface area contributed by atoms with E-state index in [4.69, 9.17) is 16.3 Å². The molecule has 1 fully saturated rings. The number of amides is 1. The largest absolute Gasteiger partial charge is 0.496 e. The van der Waals surface area contributed by atoms with Gasteiger partial charge in [-0.2, -0.15) is 5.26 Å². The molecule has 1 saturated heterocycles. The van der Waals surface area contributed by atoms with Crippen molar-refractivity contribution in [2.75, 3.05) is 25.5 Å². The third-order valence-electron chi connectivity index (χ3n) is 5.68. The van der Waals surface area contributed by atoms with Gasteiger partial charge in [0.05, 0.1) is 30.3 Å². The van der Waals surface area contributed by atoms with Crippen molar-refractivity contribution in [3.05, 3.63) is 64.8 Å². The number of hydrogen-bond acceptors (Lipinski definition) is 5. The van der Waals surface area contributed by atoms with E-state index in [1.165, 1.54) is 0 Å². The Balaban J connectivity index is 1.43. The van der Waals surface area contributed by atoms with Gasteiger partial charge in [0.15, 0.2) is 0 Å². The summed E-state index contributed by atoms with van der Waals surface area (Å²) >= 11 is 6.18. The number of carbonyl (C=O) groups excluding carboxylic acids is 1. The number of ether oxygens (including phenoxy) is 1. The van der Waals surface area contributed by atoms with Gasteiger partial charge in [-0.1, -0.05) is 29.8 Å². The molecule has 2 aromatic carbocycles. The van der Waals surface area contributed by atoms with Crippen molar-refractivity contribution in [1.29, 1.82) is 5.26 Å². The van der Waals surface area contributed by atoms with Crippen molar-refractivity contribution in [1.82, 2.24) is 9.88 Å². The molecule has 0 bridgehead atoms. The second kappa shape index (κ2) is 9.23. The van der Waals surface area contributed by atoms with Gasteiger partial charge in [0.1, 0.15) is 11.8 Å². The van der Waals surface area contributed by atoms with Crippen molar-refractivity contribution in [2.24, 2.45) is 0 Å². The van der Waals surface area contributed by atoms with Crippen molar-refractivity contribution < 1.29 is 9.53 Å². The van der Waals surface area contributed by atoms with Crippen molar-refractivity contribution in [2.45, 2.75) is 25.3 Å². The fraction of sp³-hybridized carbons (Fsp3) is 0.292. The number of halogens is 1. The Morgan fingerprint density at radius 2 is 2.06 bits per heavy atom. The summed E-state index contributed by atoms with van der Waals surface area (Å²) in [5.41, 5.74) is 2.93. The molecule has 0 atom stereocenters. The summed E-state index contributed by atoms with van der Waals surface area (Å²) in [6.45, 7) is 1.33. The number of methoxy groups -OCH3 is 1. The number of carbonyl (C=O) groups is 1. The summed E-state index contributed by atoms with van der Waals surface area (Å²) < 4.78 is 5.36. The van der Waals surface area contributed by atoms with Gasteiger partial charge in [0.2, 0.25) is 5.91 Å². The highest BCUT2D eigenvalue weighted by atomic mass is 35.5. The van der Waals surface area contributed by atoms with Gasteiger partial charge in [-0.15, -0.1) is 0 Å². The van der Waals surface area contributed by atoms with Crippen LogP contribution in [0.4, 0.5) is 5.69 Å². The van der Waals surface area contributed by atoms with Gasteiger partial charge in [0.25, 0.3) is 0 Å². The first kappa shape index (κ1) is 21.0. The molecule has 4 rings (SSSR count). The van der Waals surface area contributed by atoms with Gasteiger partial charge in [-0.3, -0.25) is 9.78 Å². The number of anilines is 1. The van der Waals surface area contributed by atoms with Crippen LogP contribution in [0.1, 0.15) is 24.0 Å². The Labute approximate surface area is 186 Å². The molecule has 0 radical (unpaired) electrons. The molecule has 3 aromatic rings. The van der Waals surface area contributed by atoms with E-state index in [0.717, 1.165) is 40.7 Å².